The van der Waals surface area contributed by atoms with E-state index >= 15 is 0 Å². The molecule has 0 saturated heterocycles. The highest BCUT2D eigenvalue weighted by atomic mass is 16.4. The summed E-state index contributed by atoms with van der Waals surface area (Å²) in [6.07, 6.45) is 2.82. The first kappa shape index (κ1) is 17.2. The monoisotopic (exact) mass is 297 g/mol. The normalized spacial score (nSPS) is 11.4. The number of aromatic carboxylic acids is 1. The number of furan rings is 1. The third kappa shape index (κ3) is 5.59. The predicted molar refractivity (Wildman–Crippen MR) is 76.9 cm³/mol. The molecule has 1 aromatic rings. The van der Waals surface area contributed by atoms with Gasteiger partial charge in [-0.15, -0.1) is 0 Å². The van der Waals surface area contributed by atoms with Crippen molar-refractivity contribution in [2.24, 2.45) is 0 Å². The van der Waals surface area contributed by atoms with Crippen molar-refractivity contribution in [2.75, 3.05) is 0 Å². The Morgan fingerprint density at radius 3 is 2.33 bits per heavy atom. The molecule has 0 atom stereocenters. The lowest BCUT2D eigenvalue weighted by molar-refractivity contribution is -0.127. The van der Waals surface area contributed by atoms with E-state index in [1.807, 2.05) is 13.8 Å². The van der Waals surface area contributed by atoms with Crippen LogP contribution < -0.4 is 5.32 Å². The van der Waals surface area contributed by atoms with Crippen LogP contribution in [0.3, 0.4) is 0 Å². The van der Waals surface area contributed by atoms with Gasteiger partial charge in [0.2, 0.25) is 11.7 Å². The van der Waals surface area contributed by atoms with E-state index in [1.165, 1.54) is 12.1 Å². The van der Waals surface area contributed by atoms with Gasteiger partial charge in [0.25, 0.3) is 0 Å². The van der Waals surface area contributed by atoms with Gasteiger partial charge in [0, 0.05) is 0 Å². The van der Waals surface area contributed by atoms with Crippen molar-refractivity contribution >= 4 is 11.9 Å². The summed E-state index contributed by atoms with van der Waals surface area (Å²) >= 11 is 0. The number of amides is 1. The second-order valence-corrected chi connectivity index (χ2v) is 5.25. The average Bonchev–Trinajstić information content (AvgIpc) is 2.85. The third-order valence-corrected chi connectivity index (χ3v) is 3.25. The molecule has 0 bridgehead atoms. The van der Waals surface area contributed by atoms with Crippen LogP contribution >= 0.6 is 0 Å². The summed E-state index contributed by atoms with van der Waals surface area (Å²) in [4.78, 5) is 22.6. The Hall–Kier alpha value is -1.82. The van der Waals surface area contributed by atoms with E-state index in [4.69, 9.17) is 9.52 Å². The van der Waals surface area contributed by atoms with Gasteiger partial charge in [-0.05, 0) is 25.0 Å². The number of aliphatic hydroxyl groups is 1. The molecule has 0 unspecified atom stereocenters. The molecule has 1 rings (SSSR count). The van der Waals surface area contributed by atoms with Crippen LogP contribution in [0.1, 0.15) is 62.3 Å². The van der Waals surface area contributed by atoms with E-state index in [1.54, 1.807) is 0 Å². The summed E-state index contributed by atoms with van der Waals surface area (Å²) in [5.74, 6) is -1.21. The second-order valence-electron chi connectivity index (χ2n) is 5.25. The maximum Gasteiger partial charge on any atom is 0.371 e. The molecule has 0 aliphatic rings. The molecule has 0 saturated carbocycles. The zero-order valence-corrected chi connectivity index (χ0v) is 12.5. The molecule has 0 spiro atoms. The lowest BCUT2D eigenvalue weighted by Crippen LogP contribution is -2.36. The largest absolute Gasteiger partial charge is 0.475 e. The fourth-order valence-corrected chi connectivity index (χ4v) is 2.37. The number of hydrogen-bond acceptors (Lipinski definition) is 4. The van der Waals surface area contributed by atoms with E-state index in [0.717, 1.165) is 12.8 Å². The van der Waals surface area contributed by atoms with Crippen LogP contribution in [0.15, 0.2) is 16.5 Å². The second kappa shape index (κ2) is 7.83. The fourth-order valence-electron chi connectivity index (χ4n) is 2.37. The fraction of sp³-hybridized carbons (Fsp3) is 0.600. The highest BCUT2D eigenvalue weighted by Gasteiger charge is 2.28. The molecule has 0 radical (unpaired) electrons. The molecule has 0 aliphatic carbocycles. The maximum atomic E-state index is 11.9. The molecule has 0 fully saturated rings. The third-order valence-electron chi connectivity index (χ3n) is 3.25. The Kier molecular flexibility index (Phi) is 6.42. The lowest BCUT2D eigenvalue weighted by atomic mass is 9.89. The zero-order valence-electron chi connectivity index (χ0n) is 12.5. The van der Waals surface area contributed by atoms with Gasteiger partial charge >= 0.3 is 5.97 Å². The number of rotatable bonds is 9. The number of carbonyl (C=O) groups is 2. The van der Waals surface area contributed by atoms with E-state index in [0.29, 0.717) is 18.6 Å². The van der Waals surface area contributed by atoms with Gasteiger partial charge < -0.3 is 19.9 Å². The quantitative estimate of drug-likeness (QED) is 0.649. The van der Waals surface area contributed by atoms with Crippen molar-refractivity contribution in [1.29, 1.82) is 0 Å². The van der Waals surface area contributed by atoms with Crippen LogP contribution in [-0.4, -0.2) is 27.7 Å². The summed E-state index contributed by atoms with van der Waals surface area (Å²) in [5, 5.41) is 21.8. The molecule has 1 aromatic heterocycles. The molecule has 1 amide bonds. The minimum absolute atomic E-state index is 0.0428. The summed E-state index contributed by atoms with van der Waals surface area (Å²) < 4.78 is 5.04. The Morgan fingerprint density at radius 2 is 1.86 bits per heavy atom. The molecule has 6 heteroatoms. The summed E-state index contributed by atoms with van der Waals surface area (Å²) in [5.41, 5.74) is -0.969. The van der Waals surface area contributed by atoms with Crippen molar-refractivity contribution in [3.63, 3.8) is 0 Å². The molecule has 6 nitrogen and oxygen atoms in total. The van der Waals surface area contributed by atoms with Crippen LogP contribution in [0.25, 0.3) is 0 Å². The molecule has 0 aliphatic heterocycles. The van der Waals surface area contributed by atoms with E-state index in [2.05, 4.69) is 5.32 Å². The van der Waals surface area contributed by atoms with Gasteiger partial charge in [-0.1, -0.05) is 26.7 Å². The van der Waals surface area contributed by atoms with Crippen molar-refractivity contribution < 1.29 is 24.2 Å². The van der Waals surface area contributed by atoms with Crippen LogP contribution in [-0.2, 0) is 11.3 Å². The molecular weight excluding hydrogens is 274 g/mol. The zero-order chi connectivity index (χ0) is 15.9. The van der Waals surface area contributed by atoms with Crippen LogP contribution in [0.5, 0.6) is 0 Å². The van der Waals surface area contributed by atoms with Crippen molar-refractivity contribution in [3.8, 4) is 0 Å². The predicted octanol–water partition coefficient (Wildman–Crippen LogP) is 2.32. The van der Waals surface area contributed by atoms with E-state index in [-0.39, 0.29) is 24.6 Å². The molecular formula is C15H23NO5. The van der Waals surface area contributed by atoms with Crippen molar-refractivity contribution in [2.45, 2.75) is 58.1 Å². The lowest BCUT2D eigenvalue weighted by Gasteiger charge is -2.26. The number of carboxylic acid groups (broad SMARTS) is 1. The minimum Gasteiger partial charge on any atom is -0.475 e. The van der Waals surface area contributed by atoms with Crippen LogP contribution in [0, 0.1) is 0 Å². The van der Waals surface area contributed by atoms with Gasteiger partial charge in [-0.2, -0.15) is 0 Å². The number of carboxylic acids is 1. The van der Waals surface area contributed by atoms with Gasteiger partial charge in [-0.3, -0.25) is 4.79 Å². The summed E-state index contributed by atoms with van der Waals surface area (Å²) in [6.45, 7) is 4.05. The van der Waals surface area contributed by atoms with Gasteiger partial charge in [0.05, 0.1) is 18.6 Å². The van der Waals surface area contributed by atoms with Gasteiger partial charge in [0.15, 0.2) is 0 Å². The smallest absolute Gasteiger partial charge is 0.371 e. The molecule has 118 valence electrons. The highest BCUT2D eigenvalue weighted by molar-refractivity contribution is 5.84. The topological polar surface area (TPSA) is 99.8 Å². The summed E-state index contributed by atoms with van der Waals surface area (Å²) in [7, 11) is 0. The Balaban J connectivity index is 2.50. The van der Waals surface area contributed by atoms with Gasteiger partial charge in [-0.25, -0.2) is 4.79 Å². The van der Waals surface area contributed by atoms with E-state index < -0.39 is 11.6 Å². The molecule has 0 aromatic carbocycles. The highest BCUT2D eigenvalue weighted by Crippen LogP contribution is 2.23. The molecule has 21 heavy (non-hydrogen) atoms. The van der Waals surface area contributed by atoms with Gasteiger partial charge in [0.1, 0.15) is 5.76 Å². The van der Waals surface area contributed by atoms with E-state index in [9.17, 15) is 14.7 Å². The standard InChI is InChI=1S/C15H23NO5/c1-3-7-15(20,8-4-2)9-13(17)16-10-11-5-6-12(21-11)14(18)19/h5-6,20H,3-4,7-10H2,1-2H3,(H,16,17)(H,18,19). The first-order chi connectivity index (χ1) is 9.90. The van der Waals surface area contributed by atoms with Crippen LogP contribution in [0.2, 0.25) is 0 Å². The molecule has 1 heterocycles. The average molecular weight is 297 g/mol. The minimum atomic E-state index is -1.15. The first-order valence-electron chi connectivity index (χ1n) is 7.21. The number of nitrogens with one attached hydrogen (secondary N) is 1. The number of carbonyl (C=O) groups excluding carboxylic acids is 1. The molecule has 3 N–H and O–H groups in total. The summed E-state index contributed by atoms with van der Waals surface area (Å²) in [6, 6.07) is 2.85. The van der Waals surface area contributed by atoms with Crippen molar-refractivity contribution in [1.82, 2.24) is 5.32 Å². The maximum absolute atomic E-state index is 11.9. The van der Waals surface area contributed by atoms with Crippen LogP contribution in [0.4, 0.5) is 0 Å². The van der Waals surface area contributed by atoms with Crippen molar-refractivity contribution in [3.05, 3.63) is 23.7 Å². The Labute approximate surface area is 124 Å². The number of hydrogen-bond donors (Lipinski definition) is 3. The first-order valence-corrected chi connectivity index (χ1v) is 7.21. The SMILES string of the molecule is CCCC(O)(CCC)CC(=O)NCc1ccc(C(=O)O)o1. The Morgan fingerprint density at radius 1 is 1.24 bits per heavy atom. The Bertz CT molecular complexity index is 474.